The Labute approximate surface area is 166 Å². The summed E-state index contributed by atoms with van der Waals surface area (Å²) in [7, 11) is 0. The number of aromatic nitrogens is 2. The van der Waals surface area contributed by atoms with Crippen molar-refractivity contribution in [2.24, 2.45) is 11.8 Å². The third kappa shape index (κ3) is 3.34. The van der Waals surface area contributed by atoms with E-state index in [2.05, 4.69) is 20.6 Å². The molecule has 0 amide bonds. The highest BCUT2D eigenvalue weighted by Gasteiger charge is 2.45. The number of rotatable bonds is 4. The van der Waals surface area contributed by atoms with Crippen LogP contribution in [-0.2, 0) is 0 Å². The zero-order valence-corrected chi connectivity index (χ0v) is 16.6. The van der Waals surface area contributed by atoms with Crippen molar-refractivity contribution in [1.82, 2.24) is 14.5 Å². The van der Waals surface area contributed by atoms with Crippen molar-refractivity contribution in [1.29, 1.82) is 0 Å². The van der Waals surface area contributed by atoms with Gasteiger partial charge < -0.3 is 9.30 Å². The second-order valence-electron chi connectivity index (χ2n) is 8.92. The van der Waals surface area contributed by atoms with E-state index >= 15 is 0 Å². The van der Waals surface area contributed by atoms with Crippen molar-refractivity contribution >= 4 is 0 Å². The molecule has 3 aliphatic rings. The van der Waals surface area contributed by atoms with Gasteiger partial charge in [0.1, 0.15) is 11.9 Å². The molecule has 2 aromatic rings. The second-order valence-corrected chi connectivity index (χ2v) is 8.92. The van der Waals surface area contributed by atoms with Gasteiger partial charge in [0.2, 0.25) is 0 Å². The van der Waals surface area contributed by atoms with Crippen molar-refractivity contribution in [3.05, 3.63) is 48.3 Å². The van der Waals surface area contributed by atoms with E-state index in [9.17, 15) is 4.39 Å². The highest BCUT2D eigenvalue weighted by Crippen LogP contribution is 2.44. The fourth-order valence-corrected chi connectivity index (χ4v) is 5.85. The Morgan fingerprint density at radius 2 is 1.82 bits per heavy atom. The summed E-state index contributed by atoms with van der Waals surface area (Å²) in [5.74, 6) is 2.46. The lowest BCUT2D eigenvalue weighted by molar-refractivity contribution is 0.0509. The molecule has 150 valence electrons. The van der Waals surface area contributed by atoms with E-state index < -0.39 is 0 Å². The molecule has 0 radical (unpaired) electrons. The standard InChI is InChI=1S/C23H30FN3O/c1-16-25-10-11-27(16)21-12-17-14-26(19-6-2-3-7-19)15-18(17)13-23(21)28-22-9-5-4-8-20(22)24/h4-5,8-11,17-19,21,23H,2-3,6-7,12-15H2,1H3/t17-,18+,21-,23-/m0/s1. The largest absolute Gasteiger partial charge is 0.485 e. The van der Waals surface area contributed by atoms with Crippen LogP contribution in [0, 0.1) is 24.6 Å². The normalized spacial score (nSPS) is 31.2. The number of imidazole rings is 1. The number of aryl methyl sites for hydroxylation is 1. The van der Waals surface area contributed by atoms with Crippen LogP contribution in [0.3, 0.4) is 0 Å². The number of ether oxygens (including phenoxy) is 1. The first-order valence-corrected chi connectivity index (χ1v) is 10.8. The molecule has 3 fully saturated rings. The van der Waals surface area contributed by atoms with Crippen molar-refractivity contribution in [3.63, 3.8) is 0 Å². The molecule has 1 aliphatic heterocycles. The van der Waals surface area contributed by atoms with Gasteiger partial charge >= 0.3 is 0 Å². The van der Waals surface area contributed by atoms with Gasteiger partial charge in [-0.2, -0.15) is 0 Å². The molecule has 4 nitrogen and oxygen atoms in total. The molecule has 0 unspecified atom stereocenters. The van der Waals surface area contributed by atoms with Gasteiger partial charge in [0.05, 0.1) is 6.04 Å². The van der Waals surface area contributed by atoms with E-state index in [1.165, 1.54) is 44.8 Å². The Bertz CT molecular complexity index is 816. The van der Waals surface area contributed by atoms with E-state index in [0.717, 1.165) is 24.7 Å². The number of hydrogen-bond donors (Lipinski definition) is 0. The Morgan fingerprint density at radius 3 is 2.54 bits per heavy atom. The molecule has 5 heteroatoms. The van der Waals surface area contributed by atoms with Gasteiger partial charge in [0, 0.05) is 31.5 Å². The summed E-state index contributed by atoms with van der Waals surface area (Å²) in [5, 5.41) is 0. The number of hydrogen-bond acceptors (Lipinski definition) is 3. The minimum Gasteiger partial charge on any atom is -0.485 e. The van der Waals surface area contributed by atoms with Crippen LogP contribution in [0.4, 0.5) is 4.39 Å². The topological polar surface area (TPSA) is 30.3 Å². The number of nitrogens with zero attached hydrogens (tertiary/aromatic N) is 3. The van der Waals surface area contributed by atoms with Crippen LogP contribution >= 0.6 is 0 Å². The Balaban J connectivity index is 1.39. The Morgan fingerprint density at radius 1 is 1.07 bits per heavy atom. The second kappa shape index (κ2) is 7.51. The first kappa shape index (κ1) is 18.2. The van der Waals surface area contributed by atoms with Crippen LogP contribution in [-0.4, -0.2) is 39.7 Å². The zero-order valence-electron chi connectivity index (χ0n) is 16.6. The van der Waals surface area contributed by atoms with Crippen molar-refractivity contribution < 1.29 is 9.13 Å². The van der Waals surface area contributed by atoms with Crippen LogP contribution < -0.4 is 4.74 Å². The minimum atomic E-state index is -0.273. The van der Waals surface area contributed by atoms with E-state index in [1.807, 2.05) is 19.2 Å². The molecular weight excluding hydrogens is 353 g/mol. The van der Waals surface area contributed by atoms with Crippen LogP contribution in [0.25, 0.3) is 0 Å². The van der Waals surface area contributed by atoms with Gasteiger partial charge in [0.15, 0.2) is 11.6 Å². The lowest BCUT2D eigenvalue weighted by Crippen LogP contribution is -2.40. The highest BCUT2D eigenvalue weighted by atomic mass is 19.1. The molecule has 0 spiro atoms. The molecule has 1 saturated heterocycles. The fourth-order valence-electron chi connectivity index (χ4n) is 5.85. The summed E-state index contributed by atoms with van der Waals surface area (Å²) in [5.41, 5.74) is 0. The Hall–Kier alpha value is -1.88. The van der Waals surface area contributed by atoms with E-state index in [0.29, 0.717) is 17.6 Å². The summed E-state index contributed by atoms with van der Waals surface area (Å²) in [4.78, 5) is 7.18. The predicted molar refractivity (Wildman–Crippen MR) is 107 cm³/mol. The molecule has 28 heavy (non-hydrogen) atoms. The maximum absolute atomic E-state index is 14.3. The monoisotopic (exact) mass is 383 g/mol. The summed E-state index contributed by atoms with van der Waals surface area (Å²) in [6, 6.07) is 7.79. The molecule has 2 heterocycles. The molecule has 1 aromatic heterocycles. The first-order chi connectivity index (χ1) is 13.7. The van der Waals surface area contributed by atoms with Gasteiger partial charge in [-0.3, -0.25) is 4.90 Å². The quantitative estimate of drug-likeness (QED) is 0.773. The van der Waals surface area contributed by atoms with E-state index in [1.54, 1.807) is 12.1 Å². The van der Waals surface area contributed by atoms with Crippen molar-refractivity contribution in [2.45, 2.75) is 63.6 Å². The van der Waals surface area contributed by atoms with Gasteiger partial charge in [-0.15, -0.1) is 0 Å². The number of likely N-dealkylation sites (tertiary alicyclic amines) is 1. The number of halogens is 1. The predicted octanol–water partition coefficient (Wildman–Crippen LogP) is 4.60. The van der Waals surface area contributed by atoms with Gasteiger partial charge in [0.25, 0.3) is 0 Å². The fraction of sp³-hybridized carbons (Fsp3) is 0.609. The van der Waals surface area contributed by atoms with Gasteiger partial charge in [-0.05, 0) is 56.6 Å². The Kier molecular flexibility index (Phi) is 4.87. The smallest absolute Gasteiger partial charge is 0.165 e. The van der Waals surface area contributed by atoms with Crippen LogP contribution in [0.2, 0.25) is 0 Å². The zero-order chi connectivity index (χ0) is 19.1. The number of para-hydroxylation sites is 1. The van der Waals surface area contributed by atoms with Crippen LogP contribution in [0.15, 0.2) is 36.7 Å². The summed E-state index contributed by atoms with van der Waals surface area (Å²) in [6.45, 7) is 4.44. The minimum absolute atomic E-state index is 0.0189. The molecule has 2 aliphatic carbocycles. The summed E-state index contributed by atoms with van der Waals surface area (Å²) >= 11 is 0. The maximum Gasteiger partial charge on any atom is 0.165 e. The number of benzene rings is 1. The first-order valence-electron chi connectivity index (χ1n) is 10.8. The SMILES string of the molecule is Cc1nccn1[C@H]1C[C@H]2CN(C3CCCC3)C[C@H]2C[C@@H]1Oc1ccccc1F. The lowest BCUT2D eigenvalue weighted by atomic mass is 9.77. The van der Waals surface area contributed by atoms with Gasteiger partial charge in [-0.25, -0.2) is 9.37 Å². The van der Waals surface area contributed by atoms with E-state index in [-0.39, 0.29) is 18.0 Å². The average molecular weight is 384 g/mol. The molecule has 0 N–H and O–H groups in total. The summed E-state index contributed by atoms with van der Waals surface area (Å²) in [6.07, 6.45) is 11.5. The van der Waals surface area contributed by atoms with Crippen molar-refractivity contribution in [2.75, 3.05) is 13.1 Å². The van der Waals surface area contributed by atoms with Crippen LogP contribution in [0.5, 0.6) is 5.75 Å². The third-order valence-corrected chi connectivity index (χ3v) is 7.29. The third-order valence-electron chi connectivity index (χ3n) is 7.29. The molecular formula is C23H30FN3O. The number of fused-ring (bicyclic) bond motifs is 1. The average Bonchev–Trinajstić information content (AvgIpc) is 3.42. The van der Waals surface area contributed by atoms with Gasteiger partial charge in [-0.1, -0.05) is 25.0 Å². The highest BCUT2D eigenvalue weighted by molar-refractivity contribution is 5.24. The lowest BCUT2D eigenvalue weighted by Gasteiger charge is -2.39. The summed E-state index contributed by atoms with van der Waals surface area (Å²) < 4.78 is 22.8. The molecule has 4 atom stereocenters. The molecule has 0 bridgehead atoms. The maximum atomic E-state index is 14.3. The molecule has 1 aromatic carbocycles. The van der Waals surface area contributed by atoms with E-state index in [4.69, 9.17) is 4.74 Å². The van der Waals surface area contributed by atoms with Crippen LogP contribution in [0.1, 0.15) is 50.4 Å². The van der Waals surface area contributed by atoms with Crippen molar-refractivity contribution in [3.8, 4) is 5.75 Å². The molecule has 2 saturated carbocycles. The molecule has 5 rings (SSSR count).